The van der Waals surface area contributed by atoms with E-state index in [-0.39, 0.29) is 48.1 Å². The minimum atomic E-state index is -1.67. The molecule has 40 heavy (non-hydrogen) atoms. The van der Waals surface area contributed by atoms with E-state index in [0.717, 1.165) is 16.6 Å². The summed E-state index contributed by atoms with van der Waals surface area (Å²) in [6.07, 6.45) is 3.35. The monoisotopic (exact) mass is 727 g/mol. The van der Waals surface area contributed by atoms with Gasteiger partial charge >= 0.3 is 0 Å². The molecule has 10 heteroatoms. The summed E-state index contributed by atoms with van der Waals surface area (Å²) in [6.45, 7) is 5.27. The molecule has 3 aromatic heterocycles. The zero-order valence-electron chi connectivity index (χ0n) is 21.7. The second-order valence-corrected chi connectivity index (χ2v) is 9.57. The SMILES string of the molecule is Cc1c(C)c2c(C)c3nc(c(F)c4c(F)c(-c5ccccc5)c(cc5nc(cc1n2C)C=C5)n4F)C(F)=C3F.[Pt]. The van der Waals surface area contributed by atoms with Gasteiger partial charge in [0.05, 0.1) is 16.9 Å². The summed E-state index contributed by atoms with van der Waals surface area (Å²) in [5.74, 6) is -5.98. The standard InChI is InChI=1S/C30H21F5N4.Pt/c1-14-15(2)29-16(3)27-24(32)25(33)28(37-27)26(34)30-23(31)22(17-8-6-5-7-9-17)21(39(30)35)13-19-11-10-18(36-19)12-20(14)38(29)4;/h5-13H,1-4H3;. The number of benzene rings is 1. The molecule has 6 rings (SSSR count). The number of hydrogen-bond acceptors (Lipinski definition) is 2. The van der Waals surface area contributed by atoms with Gasteiger partial charge in [-0.15, -0.1) is 0 Å². The molecule has 0 spiro atoms. The van der Waals surface area contributed by atoms with Crippen molar-refractivity contribution in [2.45, 2.75) is 20.8 Å². The van der Waals surface area contributed by atoms with E-state index in [9.17, 15) is 0 Å². The van der Waals surface area contributed by atoms with Crippen molar-refractivity contribution < 1.29 is 43.1 Å². The molecule has 0 N–H and O–H groups in total. The number of aromatic nitrogens is 4. The molecule has 206 valence electrons. The van der Waals surface area contributed by atoms with E-state index in [1.165, 1.54) is 18.2 Å². The third kappa shape index (κ3) is 3.98. The molecular formula is C30H21F5N4Pt. The molecule has 0 saturated heterocycles. The van der Waals surface area contributed by atoms with Crippen molar-refractivity contribution in [2.24, 2.45) is 7.05 Å². The van der Waals surface area contributed by atoms with Crippen LogP contribution in [0.4, 0.5) is 22.0 Å². The Bertz CT molecular complexity index is 1950. The maximum atomic E-state index is 15.9. The van der Waals surface area contributed by atoms with Gasteiger partial charge in [0.25, 0.3) is 0 Å². The van der Waals surface area contributed by atoms with Crippen LogP contribution in [-0.4, -0.2) is 19.3 Å². The fourth-order valence-electron chi connectivity index (χ4n) is 5.33. The van der Waals surface area contributed by atoms with Crippen LogP contribution < -0.4 is 0 Å². The summed E-state index contributed by atoms with van der Waals surface area (Å²) >= 11 is 0. The summed E-state index contributed by atoms with van der Waals surface area (Å²) < 4.78 is 79.6. The average Bonchev–Trinajstić information content (AvgIpc) is 3.61. The number of halogens is 5. The van der Waals surface area contributed by atoms with Gasteiger partial charge in [-0.1, -0.05) is 34.8 Å². The summed E-state index contributed by atoms with van der Waals surface area (Å²) in [6, 6.07) is 11.1. The fraction of sp³-hybridized carbons (Fsp3) is 0.133. The Hall–Kier alpha value is -3.84. The van der Waals surface area contributed by atoms with E-state index in [1.54, 1.807) is 48.9 Å². The maximum Gasteiger partial charge on any atom is 0.189 e. The van der Waals surface area contributed by atoms with Gasteiger partial charge in [0.2, 0.25) is 0 Å². The summed E-state index contributed by atoms with van der Waals surface area (Å²) in [5.41, 5.74) is 0.985. The van der Waals surface area contributed by atoms with Gasteiger partial charge in [-0.05, 0) is 61.7 Å². The van der Waals surface area contributed by atoms with Crippen molar-refractivity contribution in [3.63, 3.8) is 0 Å². The van der Waals surface area contributed by atoms with Gasteiger partial charge < -0.3 is 4.57 Å². The fourth-order valence-corrected chi connectivity index (χ4v) is 5.33. The predicted octanol–water partition coefficient (Wildman–Crippen LogP) is 8.33. The maximum absolute atomic E-state index is 15.9. The Kier molecular flexibility index (Phi) is 6.91. The molecule has 0 atom stereocenters. The molecule has 1 aromatic carbocycles. The molecule has 0 aliphatic carbocycles. The number of fused-ring (bicyclic) bond motifs is 8. The van der Waals surface area contributed by atoms with E-state index >= 15 is 22.0 Å². The van der Waals surface area contributed by atoms with Gasteiger partial charge in [0, 0.05) is 50.3 Å². The van der Waals surface area contributed by atoms with Crippen molar-refractivity contribution >= 4 is 45.9 Å². The van der Waals surface area contributed by atoms with Gasteiger partial charge in [-0.3, -0.25) is 0 Å². The number of rotatable bonds is 1. The largest absolute Gasteiger partial charge is 0.344 e. The second kappa shape index (κ2) is 9.97. The number of hydrogen-bond donors (Lipinski definition) is 0. The van der Waals surface area contributed by atoms with Gasteiger partial charge in [-0.25, -0.2) is 27.5 Å². The van der Waals surface area contributed by atoms with Gasteiger partial charge in [-0.2, -0.15) is 4.79 Å². The summed E-state index contributed by atoms with van der Waals surface area (Å²) in [4.78, 5) is 8.21. The predicted molar refractivity (Wildman–Crippen MR) is 143 cm³/mol. The zero-order chi connectivity index (χ0) is 27.7. The summed E-state index contributed by atoms with van der Waals surface area (Å²) in [7, 11) is 1.77. The molecule has 5 heterocycles. The van der Waals surface area contributed by atoms with Crippen LogP contribution in [0.3, 0.4) is 0 Å². The van der Waals surface area contributed by atoms with Crippen molar-refractivity contribution in [2.75, 3.05) is 0 Å². The van der Waals surface area contributed by atoms with Crippen LogP contribution in [0.25, 0.3) is 57.0 Å². The number of aryl methyl sites for hydroxylation is 4. The topological polar surface area (TPSA) is 35.6 Å². The third-order valence-electron chi connectivity index (χ3n) is 7.36. The first-order chi connectivity index (χ1) is 18.6. The zero-order valence-corrected chi connectivity index (χ0v) is 24.0. The Morgan fingerprint density at radius 2 is 1.27 bits per heavy atom. The average molecular weight is 728 g/mol. The molecule has 0 fully saturated rings. The van der Waals surface area contributed by atoms with Gasteiger partial charge in [0.15, 0.2) is 23.3 Å². The molecule has 2 aliphatic rings. The van der Waals surface area contributed by atoms with E-state index in [1.807, 2.05) is 19.9 Å². The third-order valence-corrected chi connectivity index (χ3v) is 7.36. The van der Waals surface area contributed by atoms with E-state index in [2.05, 4.69) is 9.97 Å². The van der Waals surface area contributed by atoms with Crippen LogP contribution in [0, 0.1) is 32.4 Å². The van der Waals surface area contributed by atoms with Gasteiger partial charge in [0.1, 0.15) is 16.9 Å². The van der Waals surface area contributed by atoms with Crippen LogP contribution >= 0.6 is 0 Å². The molecule has 0 radical (unpaired) electrons. The first-order valence-corrected chi connectivity index (χ1v) is 12.1. The molecule has 0 saturated carbocycles. The molecular weight excluding hydrogens is 706 g/mol. The smallest absolute Gasteiger partial charge is 0.189 e. The normalized spacial score (nSPS) is 12.7. The first-order valence-electron chi connectivity index (χ1n) is 12.1. The van der Waals surface area contributed by atoms with Crippen LogP contribution in [0.15, 0.2) is 42.5 Å². The molecule has 0 unspecified atom stereocenters. The molecule has 4 nitrogen and oxygen atoms in total. The summed E-state index contributed by atoms with van der Waals surface area (Å²) in [5, 5.41) is 0. The van der Waals surface area contributed by atoms with Crippen molar-refractivity contribution in [1.82, 2.24) is 19.3 Å². The Morgan fingerprint density at radius 1 is 0.675 bits per heavy atom. The van der Waals surface area contributed by atoms with Crippen molar-refractivity contribution in [1.29, 1.82) is 0 Å². The van der Waals surface area contributed by atoms with Crippen LogP contribution in [0.5, 0.6) is 0 Å². The van der Waals surface area contributed by atoms with E-state index in [0.29, 0.717) is 16.9 Å². The second-order valence-electron chi connectivity index (χ2n) is 9.57. The Balaban J connectivity index is 0.00000323. The van der Waals surface area contributed by atoms with Crippen LogP contribution in [-0.2, 0) is 28.1 Å². The molecule has 8 bridgehead atoms. The molecule has 2 aliphatic heterocycles. The van der Waals surface area contributed by atoms with Crippen molar-refractivity contribution in [3.05, 3.63) is 93.6 Å². The number of nitrogens with zero attached hydrogens (tertiary/aromatic N) is 4. The Morgan fingerprint density at radius 3 is 1.93 bits per heavy atom. The van der Waals surface area contributed by atoms with Crippen LogP contribution in [0.1, 0.15) is 39.5 Å². The minimum absolute atomic E-state index is 0. The first kappa shape index (κ1) is 27.7. The Labute approximate surface area is 240 Å². The molecule has 0 amide bonds. The quantitative estimate of drug-likeness (QED) is 0.163. The molecule has 4 aromatic rings. The van der Waals surface area contributed by atoms with Crippen molar-refractivity contribution in [3.8, 4) is 11.1 Å². The van der Waals surface area contributed by atoms with E-state index in [4.69, 9.17) is 0 Å². The van der Waals surface area contributed by atoms with E-state index < -0.39 is 40.2 Å². The minimum Gasteiger partial charge on any atom is -0.344 e. The van der Waals surface area contributed by atoms with Crippen LogP contribution in [0.2, 0.25) is 0 Å².